The van der Waals surface area contributed by atoms with Crippen molar-refractivity contribution in [1.29, 1.82) is 0 Å². The highest BCUT2D eigenvalue weighted by molar-refractivity contribution is 5.97. The molecule has 1 aromatic carbocycles. The van der Waals surface area contributed by atoms with E-state index in [0.29, 0.717) is 11.6 Å². The van der Waals surface area contributed by atoms with Gasteiger partial charge in [0.1, 0.15) is 5.75 Å². The zero-order valence-corrected chi connectivity index (χ0v) is 11.8. The number of phenolic OH excluding ortho intramolecular Hbond substituents is 1. The number of benzene rings is 1. The summed E-state index contributed by atoms with van der Waals surface area (Å²) in [7, 11) is 2.11. The van der Waals surface area contributed by atoms with E-state index in [1.54, 1.807) is 12.1 Å². The molecule has 19 heavy (non-hydrogen) atoms. The van der Waals surface area contributed by atoms with Gasteiger partial charge in [-0.05, 0) is 51.4 Å². The Balaban J connectivity index is 2.01. The van der Waals surface area contributed by atoms with Crippen LogP contribution in [0.3, 0.4) is 0 Å². The monoisotopic (exact) mass is 262 g/mol. The van der Waals surface area contributed by atoms with Gasteiger partial charge >= 0.3 is 0 Å². The normalized spacial score (nSPS) is 24.2. The van der Waals surface area contributed by atoms with E-state index in [1.165, 1.54) is 0 Å². The van der Waals surface area contributed by atoms with Crippen LogP contribution in [0.1, 0.15) is 35.7 Å². The molecule has 1 aliphatic heterocycles. The highest BCUT2D eigenvalue weighted by Crippen LogP contribution is 2.20. The Morgan fingerprint density at radius 3 is 2.84 bits per heavy atom. The number of likely N-dealkylation sites (tertiary alicyclic amines) is 1. The molecule has 104 valence electrons. The van der Waals surface area contributed by atoms with Crippen molar-refractivity contribution in [3.8, 4) is 5.75 Å². The summed E-state index contributed by atoms with van der Waals surface area (Å²) >= 11 is 0. The minimum atomic E-state index is -0.181. The highest BCUT2D eigenvalue weighted by atomic mass is 16.3. The molecule has 1 saturated heterocycles. The van der Waals surface area contributed by atoms with Crippen LogP contribution in [0.2, 0.25) is 0 Å². The van der Waals surface area contributed by atoms with Gasteiger partial charge in [0.25, 0.3) is 5.91 Å². The maximum atomic E-state index is 12.1. The standard InChI is InChI=1S/C15H22N2O2/c1-10-4-5-13(14(18)8-10)15(19)16-12-6-7-17(3)11(2)9-12/h4-5,8,11-12,18H,6-7,9H2,1-3H3,(H,16,19). The Hall–Kier alpha value is -1.55. The van der Waals surface area contributed by atoms with Crippen LogP contribution in [0.15, 0.2) is 18.2 Å². The SMILES string of the molecule is Cc1ccc(C(=O)NC2CCN(C)C(C)C2)c(O)c1. The van der Waals surface area contributed by atoms with Crippen molar-refractivity contribution in [3.05, 3.63) is 29.3 Å². The maximum absolute atomic E-state index is 12.1. The predicted octanol–water partition coefficient (Wildman–Crippen LogP) is 1.91. The lowest BCUT2D eigenvalue weighted by Gasteiger charge is -2.35. The van der Waals surface area contributed by atoms with E-state index in [1.807, 2.05) is 13.0 Å². The molecule has 4 heteroatoms. The van der Waals surface area contributed by atoms with E-state index in [9.17, 15) is 9.90 Å². The van der Waals surface area contributed by atoms with Gasteiger partial charge in [-0.2, -0.15) is 0 Å². The number of amides is 1. The predicted molar refractivity (Wildman–Crippen MR) is 75.4 cm³/mol. The number of rotatable bonds is 2. The van der Waals surface area contributed by atoms with Gasteiger partial charge in [0.05, 0.1) is 5.56 Å². The fourth-order valence-corrected chi connectivity index (χ4v) is 2.52. The number of hydrogen-bond donors (Lipinski definition) is 2. The van der Waals surface area contributed by atoms with Gasteiger partial charge in [-0.1, -0.05) is 6.07 Å². The Kier molecular flexibility index (Phi) is 4.10. The second-order valence-corrected chi connectivity index (χ2v) is 5.54. The van der Waals surface area contributed by atoms with Crippen LogP contribution < -0.4 is 5.32 Å². The molecule has 2 atom stereocenters. The molecule has 0 radical (unpaired) electrons. The number of carbonyl (C=O) groups is 1. The number of carbonyl (C=O) groups excluding carboxylic acids is 1. The fourth-order valence-electron chi connectivity index (χ4n) is 2.52. The molecule has 1 amide bonds. The summed E-state index contributed by atoms with van der Waals surface area (Å²) in [4.78, 5) is 14.4. The second kappa shape index (κ2) is 5.61. The third-order valence-electron chi connectivity index (χ3n) is 3.94. The number of nitrogens with one attached hydrogen (secondary N) is 1. The van der Waals surface area contributed by atoms with Crippen molar-refractivity contribution in [1.82, 2.24) is 10.2 Å². The first kappa shape index (κ1) is 13.9. The Bertz CT molecular complexity index is 473. The van der Waals surface area contributed by atoms with Gasteiger partial charge < -0.3 is 15.3 Å². The number of aromatic hydroxyl groups is 1. The Morgan fingerprint density at radius 2 is 2.21 bits per heavy atom. The van der Waals surface area contributed by atoms with Crippen LogP contribution in [0, 0.1) is 6.92 Å². The third-order valence-corrected chi connectivity index (χ3v) is 3.94. The average molecular weight is 262 g/mol. The van der Waals surface area contributed by atoms with Crippen LogP contribution >= 0.6 is 0 Å². The van der Waals surface area contributed by atoms with E-state index in [4.69, 9.17) is 0 Å². The molecule has 0 bridgehead atoms. The first-order chi connectivity index (χ1) is 8.97. The average Bonchev–Trinajstić information content (AvgIpc) is 2.33. The van der Waals surface area contributed by atoms with Gasteiger partial charge in [0, 0.05) is 18.6 Å². The maximum Gasteiger partial charge on any atom is 0.255 e. The molecule has 1 aromatic rings. The van der Waals surface area contributed by atoms with E-state index in [-0.39, 0.29) is 17.7 Å². The molecule has 2 N–H and O–H groups in total. The summed E-state index contributed by atoms with van der Waals surface area (Å²) in [5.41, 5.74) is 1.30. The van der Waals surface area contributed by atoms with Crippen molar-refractivity contribution < 1.29 is 9.90 Å². The van der Waals surface area contributed by atoms with Crippen LogP contribution in [0.5, 0.6) is 5.75 Å². The minimum Gasteiger partial charge on any atom is -0.507 e. The van der Waals surface area contributed by atoms with Gasteiger partial charge in [0.15, 0.2) is 0 Å². The van der Waals surface area contributed by atoms with Crippen molar-refractivity contribution in [2.45, 2.75) is 38.8 Å². The Morgan fingerprint density at radius 1 is 1.47 bits per heavy atom. The lowest BCUT2D eigenvalue weighted by Crippen LogP contribution is -2.47. The summed E-state index contributed by atoms with van der Waals surface area (Å²) < 4.78 is 0. The number of nitrogens with zero attached hydrogens (tertiary/aromatic N) is 1. The van der Waals surface area contributed by atoms with Gasteiger partial charge in [-0.15, -0.1) is 0 Å². The molecule has 4 nitrogen and oxygen atoms in total. The summed E-state index contributed by atoms with van der Waals surface area (Å²) in [5, 5.41) is 12.8. The van der Waals surface area contributed by atoms with Gasteiger partial charge in [-0.3, -0.25) is 4.79 Å². The van der Waals surface area contributed by atoms with Crippen LogP contribution in [0.25, 0.3) is 0 Å². The quantitative estimate of drug-likeness (QED) is 0.856. The molecule has 0 saturated carbocycles. The summed E-state index contributed by atoms with van der Waals surface area (Å²) in [5.74, 6) is -0.127. The molecule has 0 spiro atoms. The molecule has 0 aliphatic carbocycles. The van der Waals surface area contributed by atoms with Crippen LogP contribution in [0.4, 0.5) is 0 Å². The van der Waals surface area contributed by atoms with Crippen molar-refractivity contribution in [2.24, 2.45) is 0 Å². The van der Waals surface area contributed by atoms with Crippen molar-refractivity contribution in [3.63, 3.8) is 0 Å². The lowest BCUT2D eigenvalue weighted by molar-refractivity contribution is 0.0894. The molecule has 0 aromatic heterocycles. The fraction of sp³-hybridized carbons (Fsp3) is 0.533. The number of hydrogen-bond acceptors (Lipinski definition) is 3. The lowest BCUT2D eigenvalue weighted by atomic mass is 9.98. The second-order valence-electron chi connectivity index (χ2n) is 5.54. The van der Waals surface area contributed by atoms with Crippen molar-refractivity contribution >= 4 is 5.91 Å². The summed E-state index contributed by atoms with van der Waals surface area (Å²) in [6.07, 6.45) is 1.91. The van der Waals surface area contributed by atoms with Gasteiger partial charge in [0.2, 0.25) is 0 Å². The topological polar surface area (TPSA) is 52.6 Å². The molecule has 1 aliphatic rings. The van der Waals surface area contributed by atoms with E-state index in [0.717, 1.165) is 24.9 Å². The first-order valence-corrected chi connectivity index (χ1v) is 6.78. The number of aryl methyl sites for hydroxylation is 1. The van der Waals surface area contributed by atoms with E-state index < -0.39 is 0 Å². The van der Waals surface area contributed by atoms with Gasteiger partial charge in [-0.25, -0.2) is 0 Å². The van der Waals surface area contributed by atoms with Crippen LogP contribution in [-0.2, 0) is 0 Å². The van der Waals surface area contributed by atoms with Crippen LogP contribution in [-0.4, -0.2) is 41.6 Å². The van der Waals surface area contributed by atoms with Crippen molar-refractivity contribution in [2.75, 3.05) is 13.6 Å². The molecule has 2 rings (SSSR count). The first-order valence-electron chi connectivity index (χ1n) is 6.78. The zero-order chi connectivity index (χ0) is 14.0. The molecular weight excluding hydrogens is 240 g/mol. The highest BCUT2D eigenvalue weighted by Gasteiger charge is 2.24. The zero-order valence-electron chi connectivity index (χ0n) is 11.8. The molecular formula is C15H22N2O2. The largest absolute Gasteiger partial charge is 0.507 e. The number of piperidine rings is 1. The molecule has 1 heterocycles. The summed E-state index contributed by atoms with van der Waals surface area (Å²) in [6.45, 7) is 5.05. The smallest absolute Gasteiger partial charge is 0.255 e. The summed E-state index contributed by atoms with van der Waals surface area (Å²) in [6, 6.07) is 5.81. The Labute approximate surface area is 114 Å². The van der Waals surface area contributed by atoms with E-state index >= 15 is 0 Å². The number of phenols is 1. The third kappa shape index (κ3) is 3.26. The van der Waals surface area contributed by atoms with E-state index in [2.05, 4.69) is 24.2 Å². The molecule has 2 unspecified atom stereocenters. The minimum absolute atomic E-state index is 0.0541. The molecule has 1 fully saturated rings.